The van der Waals surface area contributed by atoms with E-state index in [-0.39, 0.29) is 12.2 Å². The van der Waals surface area contributed by atoms with Crippen molar-refractivity contribution in [2.45, 2.75) is 38.3 Å². The third kappa shape index (κ3) is 3.83. The van der Waals surface area contributed by atoms with E-state index in [1.54, 1.807) is 36.4 Å². The molecule has 36 heavy (non-hydrogen) atoms. The SMILES string of the molecule is CCC[C@]1(C(=O)OC)N[C@@H](c2cc(OC)ccc2OC)[C@H]2C(=O)N(c3cccc(C(C)=O)c3)C(=O)[C@H]21. The van der Waals surface area contributed by atoms with Crippen LogP contribution in [0, 0.1) is 11.8 Å². The maximum absolute atomic E-state index is 14.0. The van der Waals surface area contributed by atoms with E-state index in [9.17, 15) is 19.2 Å². The molecule has 9 nitrogen and oxygen atoms in total. The number of rotatable bonds is 8. The van der Waals surface area contributed by atoms with E-state index in [4.69, 9.17) is 14.2 Å². The first-order valence-electron chi connectivity index (χ1n) is 11.8. The number of nitrogens with zero attached hydrogens (tertiary/aromatic N) is 1. The molecule has 0 bridgehead atoms. The van der Waals surface area contributed by atoms with Crippen LogP contribution in [0.25, 0.3) is 0 Å². The zero-order valence-corrected chi connectivity index (χ0v) is 21.0. The van der Waals surface area contributed by atoms with Crippen LogP contribution in [0.15, 0.2) is 42.5 Å². The summed E-state index contributed by atoms with van der Waals surface area (Å²) in [5, 5.41) is 3.33. The van der Waals surface area contributed by atoms with Crippen LogP contribution in [0.1, 0.15) is 48.7 Å². The van der Waals surface area contributed by atoms with Crippen LogP contribution in [0.3, 0.4) is 0 Å². The van der Waals surface area contributed by atoms with E-state index >= 15 is 0 Å². The molecule has 4 atom stereocenters. The number of nitrogens with one attached hydrogen (secondary N) is 1. The first kappa shape index (κ1) is 25.4. The molecule has 0 aliphatic carbocycles. The summed E-state index contributed by atoms with van der Waals surface area (Å²) in [6.07, 6.45) is 0.846. The van der Waals surface area contributed by atoms with E-state index in [1.807, 2.05) is 6.92 Å². The zero-order valence-electron chi connectivity index (χ0n) is 21.0. The lowest BCUT2D eigenvalue weighted by atomic mass is 9.77. The molecule has 2 fully saturated rings. The van der Waals surface area contributed by atoms with Crippen molar-refractivity contribution in [3.05, 3.63) is 53.6 Å². The zero-order chi connectivity index (χ0) is 26.2. The molecule has 2 aromatic carbocycles. The van der Waals surface area contributed by atoms with Gasteiger partial charge >= 0.3 is 5.97 Å². The summed E-state index contributed by atoms with van der Waals surface area (Å²) < 4.78 is 16.2. The predicted molar refractivity (Wildman–Crippen MR) is 131 cm³/mol. The molecule has 2 heterocycles. The van der Waals surface area contributed by atoms with Gasteiger partial charge in [-0.05, 0) is 43.7 Å². The van der Waals surface area contributed by atoms with E-state index in [0.29, 0.717) is 34.7 Å². The minimum Gasteiger partial charge on any atom is -0.497 e. The summed E-state index contributed by atoms with van der Waals surface area (Å²) in [7, 11) is 4.31. The molecule has 190 valence electrons. The number of carbonyl (C=O) groups is 4. The fourth-order valence-electron chi connectivity index (χ4n) is 5.57. The van der Waals surface area contributed by atoms with Crippen molar-refractivity contribution in [3.63, 3.8) is 0 Å². The second-order valence-corrected chi connectivity index (χ2v) is 9.06. The number of ketones is 1. The van der Waals surface area contributed by atoms with Gasteiger partial charge in [0.2, 0.25) is 11.8 Å². The number of imide groups is 1. The quantitative estimate of drug-likeness (QED) is 0.339. The Kier molecular flexibility index (Phi) is 6.86. The van der Waals surface area contributed by atoms with Gasteiger partial charge in [0.05, 0.1) is 38.9 Å². The lowest BCUT2D eigenvalue weighted by Gasteiger charge is -2.32. The normalized spacial score (nSPS) is 25.0. The van der Waals surface area contributed by atoms with Gasteiger partial charge < -0.3 is 14.2 Å². The number of anilines is 1. The Hall–Kier alpha value is -3.72. The average Bonchev–Trinajstić information content (AvgIpc) is 3.37. The van der Waals surface area contributed by atoms with Gasteiger partial charge in [0, 0.05) is 17.2 Å². The molecule has 0 spiro atoms. The van der Waals surface area contributed by atoms with E-state index in [0.717, 1.165) is 4.90 Å². The fraction of sp³-hybridized carbons (Fsp3) is 0.407. The van der Waals surface area contributed by atoms with Crippen molar-refractivity contribution in [3.8, 4) is 11.5 Å². The van der Waals surface area contributed by atoms with Crippen molar-refractivity contribution < 1.29 is 33.4 Å². The van der Waals surface area contributed by atoms with Crippen molar-refractivity contribution in [1.82, 2.24) is 5.32 Å². The Labute approximate surface area is 209 Å². The molecule has 2 aliphatic heterocycles. The predicted octanol–water partition coefficient (Wildman–Crippen LogP) is 3.07. The summed E-state index contributed by atoms with van der Waals surface area (Å²) in [4.78, 5) is 54.3. The molecule has 0 saturated carbocycles. The maximum Gasteiger partial charge on any atom is 0.326 e. The molecule has 0 aromatic heterocycles. The van der Waals surface area contributed by atoms with Crippen molar-refractivity contribution >= 4 is 29.3 Å². The molecule has 0 radical (unpaired) electrons. The number of hydrogen-bond donors (Lipinski definition) is 1. The van der Waals surface area contributed by atoms with Gasteiger partial charge in [-0.3, -0.25) is 24.5 Å². The van der Waals surface area contributed by atoms with Gasteiger partial charge in [-0.2, -0.15) is 0 Å². The average molecular weight is 495 g/mol. The van der Waals surface area contributed by atoms with Crippen LogP contribution in [0.2, 0.25) is 0 Å². The second kappa shape index (κ2) is 9.73. The van der Waals surface area contributed by atoms with Crippen molar-refractivity contribution in [1.29, 1.82) is 0 Å². The van der Waals surface area contributed by atoms with Crippen LogP contribution in [0.5, 0.6) is 11.5 Å². The summed E-state index contributed by atoms with van der Waals surface area (Å²) in [6, 6.07) is 10.8. The molecule has 0 unspecified atom stereocenters. The molecular formula is C27H30N2O7. The summed E-state index contributed by atoms with van der Waals surface area (Å²) in [5.74, 6) is -2.67. The minimum atomic E-state index is -1.42. The smallest absolute Gasteiger partial charge is 0.326 e. The van der Waals surface area contributed by atoms with E-state index in [1.165, 1.54) is 34.3 Å². The molecule has 2 aliphatic rings. The van der Waals surface area contributed by atoms with Crippen LogP contribution in [0.4, 0.5) is 5.69 Å². The molecule has 2 saturated heterocycles. The van der Waals surface area contributed by atoms with Crippen LogP contribution in [-0.2, 0) is 19.1 Å². The van der Waals surface area contributed by atoms with Crippen LogP contribution >= 0.6 is 0 Å². The monoisotopic (exact) mass is 494 g/mol. The highest BCUT2D eigenvalue weighted by Crippen LogP contribution is 2.53. The lowest BCUT2D eigenvalue weighted by molar-refractivity contribution is -0.152. The highest BCUT2D eigenvalue weighted by Gasteiger charge is 2.68. The topological polar surface area (TPSA) is 111 Å². The van der Waals surface area contributed by atoms with Gasteiger partial charge in [0.15, 0.2) is 5.78 Å². The number of carbonyl (C=O) groups excluding carboxylic acids is 4. The Morgan fingerprint density at radius 2 is 1.78 bits per heavy atom. The number of methoxy groups -OCH3 is 3. The standard InChI is InChI=1S/C27H30N2O7/c1-6-12-27(26(33)36-5)22-21(23(28-27)19-14-18(34-3)10-11-20(19)35-4)24(31)29(25(22)32)17-9-7-8-16(13-17)15(2)30/h7-11,13-14,21-23,28H,6,12H2,1-5H3/t21-,22-,23-,27-/m0/s1. The second-order valence-electron chi connectivity index (χ2n) is 9.06. The third-order valence-corrected chi connectivity index (χ3v) is 7.13. The minimum absolute atomic E-state index is 0.188. The summed E-state index contributed by atoms with van der Waals surface area (Å²) in [5.41, 5.74) is -0.165. The van der Waals surface area contributed by atoms with Gasteiger partial charge in [-0.15, -0.1) is 0 Å². The number of esters is 1. The molecule has 4 rings (SSSR count). The van der Waals surface area contributed by atoms with E-state index in [2.05, 4.69) is 5.32 Å². The summed E-state index contributed by atoms with van der Waals surface area (Å²) >= 11 is 0. The maximum atomic E-state index is 14.0. The van der Waals surface area contributed by atoms with Gasteiger partial charge in [-0.1, -0.05) is 25.5 Å². The first-order chi connectivity index (χ1) is 17.2. The number of hydrogen-bond acceptors (Lipinski definition) is 8. The van der Waals surface area contributed by atoms with Crippen molar-refractivity contribution in [2.75, 3.05) is 26.2 Å². The third-order valence-electron chi connectivity index (χ3n) is 7.13. The van der Waals surface area contributed by atoms with Crippen molar-refractivity contribution in [2.24, 2.45) is 11.8 Å². The Balaban J connectivity index is 1.91. The van der Waals surface area contributed by atoms with Gasteiger partial charge in [0.25, 0.3) is 0 Å². The van der Waals surface area contributed by atoms with E-state index < -0.39 is 41.2 Å². The Morgan fingerprint density at radius 1 is 1.03 bits per heavy atom. The number of benzene rings is 2. The number of Topliss-reactive ketones (excluding diaryl/α,β-unsaturated/α-hetero) is 1. The largest absolute Gasteiger partial charge is 0.497 e. The van der Waals surface area contributed by atoms with Crippen LogP contribution < -0.4 is 19.7 Å². The molecule has 1 N–H and O–H groups in total. The van der Waals surface area contributed by atoms with Gasteiger partial charge in [0.1, 0.15) is 17.0 Å². The molecule has 9 heteroatoms. The molecule has 2 amide bonds. The Bertz CT molecular complexity index is 1230. The Morgan fingerprint density at radius 3 is 2.39 bits per heavy atom. The number of ether oxygens (including phenoxy) is 3. The van der Waals surface area contributed by atoms with Crippen LogP contribution in [-0.4, -0.2) is 50.4 Å². The number of amides is 2. The van der Waals surface area contributed by atoms with Gasteiger partial charge in [-0.25, -0.2) is 4.90 Å². The molecular weight excluding hydrogens is 464 g/mol. The highest BCUT2D eigenvalue weighted by molar-refractivity contribution is 6.24. The lowest BCUT2D eigenvalue weighted by Crippen LogP contribution is -2.56. The fourth-order valence-corrected chi connectivity index (χ4v) is 5.57. The number of fused-ring (bicyclic) bond motifs is 1. The summed E-state index contributed by atoms with van der Waals surface area (Å²) in [6.45, 7) is 3.32. The molecule has 2 aromatic rings. The highest BCUT2D eigenvalue weighted by atomic mass is 16.5. The first-order valence-corrected chi connectivity index (χ1v) is 11.8.